The van der Waals surface area contributed by atoms with Gasteiger partial charge in [-0.3, -0.25) is 4.79 Å². The van der Waals surface area contributed by atoms with Crippen LogP contribution in [-0.4, -0.2) is 23.9 Å². The Morgan fingerprint density at radius 3 is 2.24 bits per heavy atom. The van der Waals surface area contributed by atoms with E-state index in [0.29, 0.717) is 6.20 Å². The van der Waals surface area contributed by atoms with E-state index in [2.05, 4.69) is 9.47 Å². The highest BCUT2D eigenvalue weighted by molar-refractivity contribution is 5.89. The molecule has 118 valence electrons. The number of alkyl halides is 6. The molecule has 0 saturated heterocycles. The molecule has 0 radical (unpaired) electrons. The first-order valence-electron chi connectivity index (χ1n) is 5.23. The second-order valence-corrected chi connectivity index (χ2v) is 3.50. The highest BCUT2D eigenvalue weighted by atomic mass is 19.4. The standard InChI is InChI=1S/C10H7F6NO4/c1-2-20-8(19)4-3-17-7(21-10(14,15)16)5(6(4)18)9(11,12)13/h3H,2H2,1H3,(H,17,18). The third kappa shape index (κ3) is 4.13. The van der Waals surface area contributed by atoms with Gasteiger partial charge in [0.1, 0.15) is 5.56 Å². The van der Waals surface area contributed by atoms with Crippen molar-refractivity contribution >= 4 is 5.97 Å². The summed E-state index contributed by atoms with van der Waals surface area (Å²) in [4.78, 5) is 24.3. The van der Waals surface area contributed by atoms with Crippen molar-refractivity contribution < 1.29 is 40.6 Å². The zero-order chi connectivity index (χ0) is 16.4. The normalized spacial score (nSPS) is 12.1. The number of aromatic nitrogens is 1. The summed E-state index contributed by atoms with van der Waals surface area (Å²) < 4.78 is 81.6. The van der Waals surface area contributed by atoms with E-state index in [1.807, 2.05) is 0 Å². The fraction of sp³-hybridized carbons (Fsp3) is 0.400. The number of carbonyl (C=O) groups is 1. The van der Waals surface area contributed by atoms with Gasteiger partial charge in [-0.2, -0.15) is 13.2 Å². The average Bonchev–Trinajstić information content (AvgIpc) is 2.24. The number of rotatable bonds is 3. The first-order chi connectivity index (χ1) is 9.47. The smallest absolute Gasteiger partial charge is 0.462 e. The lowest BCUT2D eigenvalue weighted by molar-refractivity contribution is -0.278. The number of ether oxygens (including phenoxy) is 2. The number of esters is 1. The molecule has 0 amide bonds. The quantitative estimate of drug-likeness (QED) is 0.686. The monoisotopic (exact) mass is 319 g/mol. The van der Waals surface area contributed by atoms with E-state index in [4.69, 9.17) is 0 Å². The Labute approximate surface area is 112 Å². The molecule has 0 aliphatic heterocycles. The van der Waals surface area contributed by atoms with Gasteiger partial charge in [-0.15, -0.1) is 13.2 Å². The largest absolute Gasteiger partial charge is 0.574 e. The van der Waals surface area contributed by atoms with Gasteiger partial charge in [0.05, 0.1) is 6.61 Å². The van der Waals surface area contributed by atoms with Crippen LogP contribution in [0.15, 0.2) is 11.0 Å². The number of pyridine rings is 1. The van der Waals surface area contributed by atoms with E-state index in [9.17, 15) is 35.9 Å². The summed E-state index contributed by atoms with van der Waals surface area (Å²) in [5.74, 6) is -3.25. The topological polar surface area (TPSA) is 68.4 Å². The number of H-pyrrole nitrogens is 1. The van der Waals surface area contributed by atoms with Crippen LogP contribution >= 0.6 is 0 Å². The molecule has 0 unspecified atom stereocenters. The van der Waals surface area contributed by atoms with Crippen molar-refractivity contribution in [1.82, 2.24) is 4.98 Å². The number of hydrogen-bond acceptors (Lipinski definition) is 4. The van der Waals surface area contributed by atoms with Crippen LogP contribution in [0, 0.1) is 0 Å². The Morgan fingerprint density at radius 2 is 1.81 bits per heavy atom. The van der Waals surface area contributed by atoms with E-state index in [-0.39, 0.29) is 6.61 Å². The maximum absolute atomic E-state index is 12.7. The zero-order valence-electron chi connectivity index (χ0n) is 10.2. The van der Waals surface area contributed by atoms with Crippen LogP contribution in [-0.2, 0) is 10.9 Å². The van der Waals surface area contributed by atoms with Crippen LogP contribution in [0.3, 0.4) is 0 Å². The molecule has 5 nitrogen and oxygen atoms in total. The van der Waals surface area contributed by atoms with Crippen LogP contribution in [0.4, 0.5) is 26.3 Å². The lowest BCUT2D eigenvalue weighted by Crippen LogP contribution is -2.30. The van der Waals surface area contributed by atoms with Crippen LogP contribution < -0.4 is 10.2 Å². The lowest BCUT2D eigenvalue weighted by atomic mass is 10.1. The second kappa shape index (κ2) is 5.66. The summed E-state index contributed by atoms with van der Waals surface area (Å²) in [5.41, 5.74) is -5.33. The maximum atomic E-state index is 12.7. The molecular formula is C10H7F6NO4. The molecule has 0 saturated carbocycles. The Morgan fingerprint density at radius 1 is 1.24 bits per heavy atom. The van der Waals surface area contributed by atoms with Gasteiger partial charge in [-0.1, -0.05) is 0 Å². The minimum atomic E-state index is -5.46. The van der Waals surface area contributed by atoms with Gasteiger partial charge in [-0.05, 0) is 6.92 Å². The number of halogens is 6. The second-order valence-electron chi connectivity index (χ2n) is 3.50. The van der Waals surface area contributed by atoms with Crippen molar-refractivity contribution in [3.8, 4) is 5.88 Å². The van der Waals surface area contributed by atoms with E-state index < -0.39 is 40.9 Å². The van der Waals surface area contributed by atoms with Gasteiger partial charge >= 0.3 is 18.5 Å². The van der Waals surface area contributed by atoms with Gasteiger partial charge < -0.3 is 14.5 Å². The number of nitrogens with one attached hydrogen (secondary N) is 1. The van der Waals surface area contributed by atoms with Gasteiger partial charge in [0.2, 0.25) is 11.3 Å². The minimum absolute atomic E-state index is 0.236. The highest BCUT2D eigenvalue weighted by Gasteiger charge is 2.43. The molecule has 0 atom stereocenters. The summed E-state index contributed by atoms with van der Waals surface area (Å²) in [6.07, 6.45) is -10.6. The summed E-state index contributed by atoms with van der Waals surface area (Å²) in [6, 6.07) is 0. The van der Waals surface area contributed by atoms with E-state index in [1.165, 1.54) is 11.9 Å². The Balaban J connectivity index is 3.47. The molecule has 1 heterocycles. The molecule has 0 aromatic carbocycles. The molecule has 0 spiro atoms. The Bertz CT molecular complexity index is 589. The van der Waals surface area contributed by atoms with Crippen LogP contribution in [0.2, 0.25) is 0 Å². The van der Waals surface area contributed by atoms with Crippen LogP contribution in [0.1, 0.15) is 22.8 Å². The molecule has 0 fully saturated rings. The summed E-state index contributed by atoms with van der Waals surface area (Å²) in [5, 5.41) is 0. The number of hydrogen-bond donors (Lipinski definition) is 1. The van der Waals surface area contributed by atoms with Gasteiger partial charge in [0.25, 0.3) is 0 Å². The molecule has 1 aromatic heterocycles. The highest BCUT2D eigenvalue weighted by Crippen LogP contribution is 2.34. The molecule has 11 heteroatoms. The number of carbonyl (C=O) groups excluding carboxylic acids is 1. The average molecular weight is 319 g/mol. The van der Waals surface area contributed by atoms with Gasteiger partial charge in [0, 0.05) is 6.20 Å². The molecule has 21 heavy (non-hydrogen) atoms. The van der Waals surface area contributed by atoms with Crippen LogP contribution in [0.5, 0.6) is 5.88 Å². The molecule has 0 aliphatic carbocycles. The lowest BCUT2D eigenvalue weighted by Gasteiger charge is -2.15. The third-order valence-corrected chi connectivity index (χ3v) is 2.04. The van der Waals surface area contributed by atoms with Crippen molar-refractivity contribution in [2.45, 2.75) is 19.5 Å². The maximum Gasteiger partial charge on any atom is 0.574 e. The minimum Gasteiger partial charge on any atom is -0.462 e. The fourth-order valence-electron chi connectivity index (χ4n) is 1.33. The zero-order valence-corrected chi connectivity index (χ0v) is 10.2. The molecule has 1 aromatic rings. The third-order valence-electron chi connectivity index (χ3n) is 2.04. The number of aromatic amines is 1. The SMILES string of the molecule is CCOC(=O)c1c[nH]c(OC(F)(F)F)c(C(F)(F)F)c1=O. The predicted octanol–water partition coefficient (Wildman–Crippen LogP) is 2.47. The first kappa shape index (κ1) is 16.9. The van der Waals surface area contributed by atoms with Gasteiger partial charge in [-0.25, -0.2) is 4.79 Å². The van der Waals surface area contributed by atoms with Crippen molar-refractivity contribution in [3.05, 3.63) is 27.5 Å². The van der Waals surface area contributed by atoms with Crippen molar-refractivity contribution in [3.63, 3.8) is 0 Å². The fourth-order valence-corrected chi connectivity index (χ4v) is 1.33. The molecule has 1 rings (SSSR count). The van der Waals surface area contributed by atoms with E-state index >= 15 is 0 Å². The van der Waals surface area contributed by atoms with E-state index in [0.717, 1.165) is 0 Å². The summed E-state index contributed by atoms with van der Waals surface area (Å²) >= 11 is 0. The molecule has 0 bridgehead atoms. The van der Waals surface area contributed by atoms with E-state index in [1.54, 1.807) is 0 Å². The Hall–Kier alpha value is -2.20. The van der Waals surface area contributed by atoms with Gasteiger partial charge in [0.15, 0.2) is 5.56 Å². The van der Waals surface area contributed by atoms with Crippen LogP contribution in [0.25, 0.3) is 0 Å². The van der Waals surface area contributed by atoms with Crippen molar-refractivity contribution in [2.24, 2.45) is 0 Å². The predicted molar refractivity (Wildman–Crippen MR) is 54.7 cm³/mol. The first-order valence-corrected chi connectivity index (χ1v) is 5.23. The summed E-state index contributed by atoms with van der Waals surface area (Å²) in [6.45, 7) is 1.10. The molecular weight excluding hydrogens is 312 g/mol. The Kier molecular flexibility index (Phi) is 4.54. The molecule has 0 aliphatic rings. The van der Waals surface area contributed by atoms with Crippen molar-refractivity contribution in [2.75, 3.05) is 6.61 Å². The summed E-state index contributed by atoms with van der Waals surface area (Å²) in [7, 11) is 0. The molecule has 1 N–H and O–H groups in total. The van der Waals surface area contributed by atoms with Crippen molar-refractivity contribution in [1.29, 1.82) is 0 Å².